The van der Waals surface area contributed by atoms with Crippen molar-refractivity contribution in [1.29, 1.82) is 0 Å². The van der Waals surface area contributed by atoms with Gasteiger partial charge in [-0.1, -0.05) is 11.6 Å². The second kappa shape index (κ2) is 4.15. The van der Waals surface area contributed by atoms with Gasteiger partial charge in [0.05, 0.1) is 11.8 Å². The Labute approximate surface area is 103 Å². The fourth-order valence-electron chi connectivity index (χ4n) is 1.09. The Morgan fingerprint density at radius 2 is 1.88 bits per heavy atom. The van der Waals surface area contributed by atoms with Crippen molar-refractivity contribution in [3.63, 3.8) is 0 Å². The van der Waals surface area contributed by atoms with Crippen molar-refractivity contribution in [2.45, 2.75) is 6.18 Å². The Balaban J connectivity index is 2.44. The molecule has 0 saturated heterocycles. The Hall–Kier alpha value is -1.34. The third-order valence-corrected chi connectivity index (χ3v) is 2.16. The molecule has 2 rings (SSSR count). The van der Waals surface area contributed by atoms with Gasteiger partial charge in [-0.05, 0) is 11.6 Å². The monoisotopic (exact) mass is 282 g/mol. The molecule has 90 valence electrons. The van der Waals surface area contributed by atoms with Crippen LogP contribution in [0.5, 0.6) is 0 Å². The minimum absolute atomic E-state index is 0.0176. The Bertz CT molecular complexity index is 532. The molecule has 4 nitrogen and oxygen atoms in total. The average Bonchev–Trinajstić information content (AvgIpc) is 2.63. The third-order valence-electron chi connectivity index (χ3n) is 1.80. The number of alkyl halides is 3. The zero-order valence-corrected chi connectivity index (χ0v) is 9.42. The summed E-state index contributed by atoms with van der Waals surface area (Å²) in [6.07, 6.45) is -2.99. The summed E-state index contributed by atoms with van der Waals surface area (Å²) in [7, 11) is 0. The van der Waals surface area contributed by atoms with Gasteiger partial charge in [-0.15, -0.1) is 0 Å². The number of aromatic nitrogens is 4. The van der Waals surface area contributed by atoms with Crippen molar-refractivity contribution in [2.24, 2.45) is 0 Å². The van der Waals surface area contributed by atoms with E-state index in [1.54, 1.807) is 0 Å². The van der Waals surface area contributed by atoms with Crippen LogP contribution in [0.25, 0.3) is 5.82 Å². The first-order valence-electron chi connectivity index (χ1n) is 4.18. The van der Waals surface area contributed by atoms with Crippen LogP contribution in [0.15, 0.2) is 18.5 Å². The molecule has 0 aliphatic carbocycles. The van der Waals surface area contributed by atoms with E-state index in [0.29, 0.717) is 6.20 Å². The summed E-state index contributed by atoms with van der Waals surface area (Å²) in [6, 6.07) is 1.25. The number of nitrogens with zero attached hydrogens (tertiary/aromatic N) is 4. The molecule has 17 heavy (non-hydrogen) atoms. The lowest BCUT2D eigenvalue weighted by Crippen LogP contribution is -2.03. The molecule has 2 aromatic heterocycles. The molecule has 0 atom stereocenters. The lowest BCUT2D eigenvalue weighted by molar-refractivity contribution is -0.137. The highest BCUT2D eigenvalue weighted by molar-refractivity contribution is 6.31. The number of halogens is 5. The minimum atomic E-state index is -4.46. The molecule has 0 saturated carbocycles. The maximum absolute atomic E-state index is 12.3. The molecule has 0 N–H and O–H groups in total. The summed E-state index contributed by atoms with van der Waals surface area (Å²) in [4.78, 5) is 7.27. The van der Waals surface area contributed by atoms with Crippen LogP contribution in [0.4, 0.5) is 13.2 Å². The van der Waals surface area contributed by atoms with Crippen LogP contribution in [0, 0.1) is 0 Å². The zero-order valence-electron chi connectivity index (χ0n) is 7.91. The summed E-state index contributed by atoms with van der Waals surface area (Å²) >= 11 is 11.1. The molecule has 9 heteroatoms. The van der Waals surface area contributed by atoms with Crippen molar-refractivity contribution in [2.75, 3.05) is 0 Å². The molecule has 2 heterocycles. The normalized spacial score (nSPS) is 11.8. The van der Waals surface area contributed by atoms with Crippen LogP contribution in [0.3, 0.4) is 0 Å². The second-order valence-electron chi connectivity index (χ2n) is 2.99. The molecular weight excluding hydrogens is 280 g/mol. The average molecular weight is 283 g/mol. The first-order chi connectivity index (χ1) is 7.86. The zero-order chi connectivity index (χ0) is 12.6. The molecule has 0 spiro atoms. The summed E-state index contributed by atoms with van der Waals surface area (Å²) in [6.45, 7) is 0. The molecular formula is C8H3Cl2F3N4. The van der Waals surface area contributed by atoms with E-state index in [4.69, 9.17) is 23.2 Å². The van der Waals surface area contributed by atoms with Gasteiger partial charge < -0.3 is 0 Å². The van der Waals surface area contributed by atoms with Crippen LogP contribution >= 0.6 is 23.2 Å². The molecule has 0 aliphatic heterocycles. The van der Waals surface area contributed by atoms with Gasteiger partial charge in [-0.3, -0.25) is 0 Å². The van der Waals surface area contributed by atoms with E-state index in [2.05, 4.69) is 15.1 Å². The Kier molecular flexibility index (Phi) is 2.96. The lowest BCUT2D eigenvalue weighted by atomic mass is 10.4. The Morgan fingerprint density at radius 3 is 2.41 bits per heavy atom. The summed E-state index contributed by atoms with van der Waals surface area (Å²) < 4.78 is 37.9. The van der Waals surface area contributed by atoms with Crippen LogP contribution in [-0.4, -0.2) is 19.7 Å². The summed E-state index contributed by atoms with van der Waals surface area (Å²) in [5, 5.41) is 3.37. The topological polar surface area (TPSA) is 43.6 Å². The second-order valence-corrected chi connectivity index (χ2v) is 3.71. The highest BCUT2D eigenvalue weighted by atomic mass is 35.5. The van der Waals surface area contributed by atoms with Gasteiger partial charge in [0.25, 0.3) is 0 Å². The van der Waals surface area contributed by atoms with E-state index in [0.717, 1.165) is 10.9 Å². The maximum atomic E-state index is 12.3. The van der Waals surface area contributed by atoms with Gasteiger partial charge in [-0.25, -0.2) is 9.67 Å². The number of hydrogen-bond acceptors (Lipinski definition) is 3. The van der Waals surface area contributed by atoms with E-state index in [1.165, 1.54) is 6.07 Å². The summed E-state index contributed by atoms with van der Waals surface area (Å²) in [5.74, 6) is 0.0606. The predicted molar refractivity (Wildman–Crippen MR) is 54.2 cm³/mol. The lowest BCUT2D eigenvalue weighted by Gasteiger charge is -2.02. The smallest absolute Gasteiger partial charge is 0.222 e. The highest BCUT2D eigenvalue weighted by Crippen LogP contribution is 2.29. The van der Waals surface area contributed by atoms with Gasteiger partial charge in [0.15, 0.2) is 5.82 Å². The van der Waals surface area contributed by atoms with Crippen molar-refractivity contribution in [3.8, 4) is 5.82 Å². The maximum Gasteiger partial charge on any atom is 0.419 e. The van der Waals surface area contributed by atoms with Gasteiger partial charge in [0.2, 0.25) is 5.28 Å². The van der Waals surface area contributed by atoms with E-state index < -0.39 is 11.7 Å². The first kappa shape index (κ1) is 12.1. The largest absolute Gasteiger partial charge is 0.419 e. The van der Waals surface area contributed by atoms with Gasteiger partial charge >= 0.3 is 6.18 Å². The van der Waals surface area contributed by atoms with Crippen molar-refractivity contribution < 1.29 is 13.2 Å². The molecule has 0 unspecified atom stereocenters. The third kappa shape index (κ3) is 2.67. The first-order valence-corrected chi connectivity index (χ1v) is 4.94. The molecule has 0 aliphatic rings. The standard InChI is InChI=1S/C8H3Cl2F3N4/c9-5-1-6(16-7(10)15-5)17-3-4(2-14-17)8(11,12)13/h1-3H. The summed E-state index contributed by atoms with van der Waals surface area (Å²) in [5.41, 5.74) is -0.886. The fourth-order valence-corrected chi connectivity index (χ4v) is 1.49. The van der Waals surface area contributed by atoms with Crippen LogP contribution < -0.4 is 0 Å². The number of hydrogen-bond donors (Lipinski definition) is 0. The fraction of sp³-hybridized carbons (Fsp3) is 0.125. The van der Waals surface area contributed by atoms with Crippen molar-refractivity contribution >= 4 is 23.2 Å². The molecule has 2 aromatic rings. The van der Waals surface area contributed by atoms with E-state index in [-0.39, 0.29) is 16.3 Å². The SMILES string of the molecule is FC(F)(F)c1cnn(-c2cc(Cl)nc(Cl)n2)c1. The predicted octanol–water partition coefficient (Wildman–Crippen LogP) is 2.99. The van der Waals surface area contributed by atoms with Crippen molar-refractivity contribution in [3.05, 3.63) is 34.5 Å². The minimum Gasteiger partial charge on any atom is -0.222 e. The quantitative estimate of drug-likeness (QED) is 0.597. The van der Waals surface area contributed by atoms with E-state index >= 15 is 0 Å². The highest BCUT2D eigenvalue weighted by Gasteiger charge is 2.32. The molecule has 0 bridgehead atoms. The molecule has 0 amide bonds. The van der Waals surface area contributed by atoms with Crippen LogP contribution in [-0.2, 0) is 6.18 Å². The van der Waals surface area contributed by atoms with Gasteiger partial charge in [0, 0.05) is 12.3 Å². The van der Waals surface area contributed by atoms with E-state index in [9.17, 15) is 13.2 Å². The van der Waals surface area contributed by atoms with Crippen molar-refractivity contribution in [1.82, 2.24) is 19.7 Å². The molecule has 0 fully saturated rings. The Morgan fingerprint density at radius 1 is 1.18 bits per heavy atom. The molecule has 0 radical (unpaired) electrons. The van der Waals surface area contributed by atoms with Gasteiger partial charge in [0.1, 0.15) is 5.15 Å². The van der Waals surface area contributed by atoms with E-state index in [1.807, 2.05) is 0 Å². The number of rotatable bonds is 1. The van der Waals surface area contributed by atoms with Crippen LogP contribution in [0.1, 0.15) is 5.56 Å². The molecule has 0 aromatic carbocycles. The van der Waals surface area contributed by atoms with Crippen LogP contribution in [0.2, 0.25) is 10.4 Å². The van der Waals surface area contributed by atoms with Gasteiger partial charge in [-0.2, -0.15) is 23.3 Å².